The number of fused-ring (bicyclic) bond motifs is 1. The predicted molar refractivity (Wildman–Crippen MR) is 129 cm³/mol. The zero-order valence-corrected chi connectivity index (χ0v) is 20.3. The van der Waals surface area contributed by atoms with Crippen LogP contribution in [-0.2, 0) is 29.2 Å². The van der Waals surface area contributed by atoms with Crippen LogP contribution in [-0.4, -0.2) is 23.0 Å². The molecule has 0 aromatic heterocycles. The fraction of sp³-hybridized carbons (Fsp3) is 0.167. The van der Waals surface area contributed by atoms with Crippen molar-refractivity contribution < 1.29 is 23.8 Å². The van der Waals surface area contributed by atoms with Crippen LogP contribution >= 0.6 is 46.4 Å². The van der Waals surface area contributed by atoms with E-state index in [1.165, 1.54) is 24.3 Å². The molecule has 0 fully saturated rings. The van der Waals surface area contributed by atoms with Crippen LogP contribution in [0.5, 0.6) is 0 Å². The fourth-order valence-electron chi connectivity index (χ4n) is 3.93. The summed E-state index contributed by atoms with van der Waals surface area (Å²) in [6, 6.07) is 9.13. The van der Waals surface area contributed by atoms with E-state index in [1.54, 1.807) is 18.2 Å². The van der Waals surface area contributed by atoms with Gasteiger partial charge in [0.05, 0.1) is 38.9 Å². The summed E-state index contributed by atoms with van der Waals surface area (Å²) in [7, 11) is 0. The molecule has 0 saturated carbocycles. The number of aliphatic carboxylic acids is 1. The number of carbonyl (C=O) groups is 2. The van der Waals surface area contributed by atoms with E-state index in [9.17, 15) is 19.1 Å². The van der Waals surface area contributed by atoms with E-state index in [1.807, 2.05) is 0 Å². The molecule has 4 rings (SSSR count). The van der Waals surface area contributed by atoms with Gasteiger partial charge in [0.2, 0.25) is 0 Å². The number of rotatable bonds is 6. The molecule has 5 nitrogen and oxygen atoms in total. The third-order valence-electron chi connectivity index (χ3n) is 5.51. The Morgan fingerprint density at radius 2 is 1.59 bits per heavy atom. The van der Waals surface area contributed by atoms with Gasteiger partial charge in [-0.25, -0.2) is 9.18 Å². The highest BCUT2D eigenvalue weighted by molar-refractivity contribution is 6.40. The second-order valence-corrected chi connectivity index (χ2v) is 9.26. The Morgan fingerprint density at radius 3 is 2.21 bits per heavy atom. The highest BCUT2D eigenvalue weighted by Crippen LogP contribution is 2.41. The van der Waals surface area contributed by atoms with Crippen molar-refractivity contribution >= 4 is 58.3 Å². The molecule has 10 heteroatoms. The first-order valence-electron chi connectivity index (χ1n) is 10.0. The molecule has 34 heavy (non-hydrogen) atoms. The molecular formula is C24H16Cl4FNO4. The quantitative estimate of drug-likeness (QED) is 0.369. The van der Waals surface area contributed by atoms with Gasteiger partial charge in [-0.1, -0.05) is 64.6 Å². The Balaban J connectivity index is 1.67. The number of ether oxygens (including phenoxy) is 1. The van der Waals surface area contributed by atoms with Crippen LogP contribution in [0, 0.1) is 5.82 Å². The van der Waals surface area contributed by atoms with E-state index in [0.717, 1.165) is 11.1 Å². The van der Waals surface area contributed by atoms with Crippen LogP contribution in [0.1, 0.15) is 27.0 Å². The Labute approximate surface area is 214 Å². The third-order valence-corrected chi connectivity index (χ3v) is 6.74. The van der Waals surface area contributed by atoms with Crippen LogP contribution in [0.15, 0.2) is 42.5 Å². The second-order valence-electron chi connectivity index (χ2n) is 7.63. The molecule has 1 amide bonds. The van der Waals surface area contributed by atoms with Gasteiger partial charge in [-0.2, -0.15) is 0 Å². The summed E-state index contributed by atoms with van der Waals surface area (Å²) in [6.45, 7) is 0.493. The Kier molecular flexibility index (Phi) is 7.36. The van der Waals surface area contributed by atoms with Gasteiger partial charge >= 0.3 is 5.97 Å². The lowest BCUT2D eigenvalue weighted by molar-refractivity contribution is -0.139. The van der Waals surface area contributed by atoms with E-state index in [0.29, 0.717) is 16.7 Å². The molecule has 0 saturated heterocycles. The number of carbonyl (C=O) groups excluding carboxylic acids is 1. The van der Waals surface area contributed by atoms with Crippen LogP contribution in [0.4, 0.5) is 4.39 Å². The molecule has 1 atom stereocenters. The first-order chi connectivity index (χ1) is 16.2. The minimum atomic E-state index is -1.26. The molecule has 0 aliphatic carbocycles. The maximum Gasteiger partial charge on any atom is 0.326 e. The van der Waals surface area contributed by atoms with Crippen molar-refractivity contribution in [2.75, 3.05) is 0 Å². The molecular weight excluding hydrogens is 527 g/mol. The average molecular weight is 543 g/mol. The summed E-state index contributed by atoms with van der Waals surface area (Å²) in [5.41, 5.74) is 3.35. The van der Waals surface area contributed by atoms with Crippen molar-refractivity contribution in [3.8, 4) is 11.1 Å². The summed E-state index contributed by atoms with van der Waals surface area (Å²) in [5.74, 6) is -2.47. The molecule has 0 radical (unpaired) electrons. The van der Waals surface area contributed by atoms with Crippen molar-refractivity contribution in [2.24, 2.45) is 0 Å². The molecule has 1 aliphatic rings. The van der Waals surface area contributed by atoms with Crippen LogP contribution < -0.4 is 5.32 Å². The monoisotopic (exact) mass is 541 g/mol. The largest absolute Gasteiger partial charge is 0.480 e. The second kappa shape index (κ2) is 10.1. The highest BCUT2D eigenvalue weighted by Gasteiger charge is 2.28. The zero-order chi connectivity index (χ0) is 24.6. The van der Waals surface area contributed by atoms with Gasteiger partial charge in [-0.15, -0.1) is 0 Å². The summed E-state index contributed by atoms with van der Waals surface area (Å²) in [5, 5.41) is 12.8. The summed E-state index contributed by atoms with van der Waals surface area (Å²) in [4.78, 5) is 24.7. The molecule has 1 unspecified atom stereocenters. The number of carboxylic acid groups (broad SMARTS) is 1. The van der Waals surface area contributed by atoms with Gasteiger partial charge in [0.25, 0.3) is 5.91 Å². The van der Waals surface area contributed by atoms with Crippen molar-refractivity contribution in [2.45, 2.75) is 25.7 Å². The zero-order valence-electron chi connectivity index (χ0n) is 17.3. The maximum atomic E-state index is 13.7. The molecule has 176 valence electrons. The SMILES string of the molecule is O=C(NC(Cc1ccc(-c2c(Cl)cc(F)cc2Cl)c2c1COC2)C(=O)O)c1c(Cl)cccc1Cl. The standard InChI is InChI=1S/C24H16Cl4FNO4/c25-16-2-1-3-17(26)22(16)23(31)30-20(24(32)33)6-11-4-5-13(15-10-34-9-14(11)15)21-18(27)7-12(29)8-19(21)28/h1-5,7-8,20H,6,9-10H2,(H,30,31)(H,32,33). The number of benzene rings is 3. The van der Waals surface area contributed by atoms with Crippen LogP contribution in [0.25, 0.3) is 11.1 Å². The van der Waals surface area contributed by atoms with E-state index < -0.39 is 23.7 Å². The van der Waals surface area contributed by atoms with Gasteiger partial charge < -0.3 is 15.2 Å². The number of hydrogen-bond donors (Lipinski definition) is 2. The highest BCUT2D eigenvalue weighted by atomic mass is 35.5. The predicted octanol–water partition coefficient (Wildman–Crippen LogP) is 6.56. The van der Waals surface area contributed by atoms with Crippen molar-refractivity contribution in [3.05, 3.63) is 90.6 Å². The number of nitrogens with one attached hydrogen (secondary N) is 1. The lowest BCUT2D eigenvalue weighted by Gasteiger charge is -2.19. The topological polar surface area (TPSA) is 75.6 Å². The van der Waals surface area contributed by atoms with Crippen molar-refractivity contribution in [1.82, 2.24) is 5.32 Å². The molecule has 3 aromatic carbocycles. The minimum absolute atomic E-state index is 0.00147. The lowest BCUT2D eigenvalue weighted by atomic mass is 9.91. The number of halogens is 5. The number of hydrogen-bond acceptors (Lipinski definition) is 3. The van der Waals surface area contributed by atoms with Gasteiger partial charge in [0.1, 0.15) is 11.9 Å². The summed E-state index contributed by atoms with van der Waals surface area (Å²) < 4.78 is 19.3. The average Bonchev–Trinajstić information content (AvgIpc) is 3.24. The van der Waals surface area contributed by atoms with Gasteiger partial charge in [0.15, 0.2) is 0 Å². The Bertz CT molecular complexity index is 1270. The maximum absolute atomic E-state index is 13.7. The van der Waals surface area contributed by atoms with E-state index in [-0.39, 0.29) is 45.3 Å². The minimum Gasteiger partial charge on any atom is -0.480 e. The van der Waals surface area contributed by atoms with E-state index >= 15 is 0 Å². The van der Waals surface area contributed by atoms with Crippen molar-refractivity contribution in [3.63, 3.8) is 0 Å². The third kappa shape index (κ3) is 4.88. The molecule has 1 aliphatic heterocycles. The van der Waals surface area contributed by atoms with E-state index in [4.69, 9.17) is 51.1 Å². The number of amides is 1. The first kappa shape index (κ1) is 24.8. The van der Waals surface area contributed by atoms with Gasteiger partial charge in [-0.3, -0.25) is 4.79 Å². The summed E-state index contributed by atoms with van der Waals surface area (Å²) in [6.07, 6.45) is -0.0139. The van der Waals surface area contributed by atoms with E-state index in [2.05, 4.69) is 5.32 Å². The molecule has 2 N–H and O–H groups in total. The molecule has 0 bridgehead atoms. The van der Waals surface area contributed by atoms with Gasteiger partial charge in [-0.05, 0) is 46.5 Å². The molecule has 3 aromatic rings. The molecule has 0 spiro atoms. The first-order valence-corrected chi connectivity index (χ1v) is 11.5. The van der Waals surface area contributed by atoms with Crippen LogP contribution in [0.2, 0.25) is 20.1 Å². The lowest BCUT2D eigenvalue weighted by Crippen LogP contribution is -2.42. The Hall–Kier alpha value is -2.35. The number of carboxylic acids is 1. The van der Waals surface area contributed by atoms with Gasteiger partial charge in [0, 0.05) is 12.0 Å². The molecule has 1 heterocycles. The van der Waals surface area contributed by atoms with Crippen LogP contribution in [0.3, 0.4) is 0 Å². The van der Waals surface area contributed by atoms with Crippen molar-refractivity contribution in [1.29, 1.82) is 0 Å². The normalized spacial score (nSPS) is 13.4. The fourth-order valence-corrected chi connectivity index (χ4v) is 5.16. The smallest absolute Gasteiger partial charge is 0.326 e. The summed E-state index contributed by atoms with van der Waals surface area (Å²) >= 11 is 24.7. The Morgan fingerprint density at radius 1 is 0.971 bits per heavy atom.